The third-order valence-electron chi connectivity index (χ3n) is 17.7. The molecule has 5 rings (SSSR count). The average Bonchev–Trinajstić information content (AvgIpc) is 0.978. The lowest BCUT2D eigenvalue weighted by atomic mass is 9.96. The molecule has 2 heterocycles. The summed E-state index contributed by atoms with van der Waals surface area (Å²) in [5.74, 6) is -13.7. The molecule has 0 aliphatic heterocycles. The van der Waals surface area contributed by atoms with Gasteiger partial charge in [-0.25, -0.2) is 9.97 Å². The fourth-order valence-electron chi connectivity index (χ4n) is 11.1. The van der Waals surface area contributed by atoms with Crippen LogP contribution < -0.4 is 75.7 Å². The Morgan fingerprint density at radius 3 is 1.27 bits per heavy atom. The number of nitrogens with one attached hydrogen (secondary N) is 13. The van der Waals surface area contributed by atoms with Crippen LogP contribution in [0.5, 0.6) is 17.2 Å². The van der Waals surface area contributed by atoms with Crippen LogP contribution in [0.3, 0.4) is 0 Å². The topological polar surface area (TPSA) is 550 Å². The highest BCUT2D eigenvalue weighted by Gasteiger charge is 2.38. The van der Waals surface area contributed by atoms with Crippen LogP contribution in [0.4, 0.5) is 0 Å². The molecular formula is C72H102N18O16. The number of rotatable bonds is 43. The van der Waals surface area contributed by atoms with Gasteiger partial charge in [-0.1, -0.05) is 105 Å². The smallest absolute Gasteiger partial charge is 0.243 e. The lowest BCUT2D eigenvalue weighted by Crippen LogP contribution is -2.61. The second kappa shape index (κ2) is 41.7. The first-order valence-electron chi connectivity index (χ1n) is 35.1. The summed E-state index contributed by atoms with van der Waals surface area (Å²) in [5, 5.41) is 58.4. The number of nitrogens with zero attached hydrogens (tertiary/aromatic N) is 2. The number of phenolic OH excluding ortho intramolecular Hbond substituents is 3. The number of aromatic amines is 2. The number of hydrogen-bond donors (Lipinski definition) is 19. The molecule has 5 aromatic rings. The van der Waals surface area contributed by atoms with Crippen LogP contribution >= 0.6 is 0 Å². The maximum atomic E-state index is 14.5. The van der Waals surface area contributed by atoms with E-state index in [1.807, 2.05) is 0 Å². The number of primary amides is 2. The predicted molar refractivity (Wildman–Crippen MR) is 387 cm³/mol. The normalized spacial score (nSPS) is 14.9. The maximum absolute atomic E-state index is 14.5. The van der Waals surface area contributed by atoms with Crippen molar-refractivity contribution in [2.24, 2.45) is 40.9 Å². The van der Waals surface area contributed by atoms with Gasteiger partial charge in [0, 0.05) is 49.5 Å². The Labute approximate surface area is 614 Å². The van der Waals surface area contributed by atoms with Crippen molar-refractivity contribution in [2.75, 3.05) is 6.54 Å². The molecule has 106 heavy (non-hydrogen) atoms. The van der Waals surface area contributed by atoms with Gasteiger partial charge in [0.05, 0.1) is 31.7 Å². The first kappa shape index (κ1) is 85.2. The van der Waals surface area contributed by atoms with Gasteiger partial charge in [0.1, 0.15) is 77.7 Å². The van der Waals surface area contributed by atoms with E-state index < -0.39 is 174 Å². The SMILES string of the molecule is CC[C@H](C)[C@H](NC(=O)[C@H](Cc1ccc(O)cc1)NC(=O)[C@H](CC(N)=O)NC(=O)[C@@H](NC(=O)[C@H](C)NC(=O)CNC(=O)[C@H](CC(C)C)NC(=O)[C@H](Cc1ccc(O)cc1)NC(=O)[C@@H](NC(=O)[C@H](Cc1cnc[nH]1)NC(=O)[C@@H](N)Cc1cnc[nH]1)[C@@H](C)CC)C(C)C)C(=O)N[C@@H](CCc1ccc(O)cc1)C(N)=O. The van der Waals surface area contributed by atoms with Crippen molar-refractivity contribution in [3.8, 4) is 17.2 Å². The minimum Gasteiger partial charge on any atom is -0.508 e. The Morgan fingerprint density at radius 2 is 0.830 bits per heavy atom. The number of benzene rings is 3. The molecule has 2 aromatic heterocycles. The van der Waals surface area contributed by atoms with Gasteiger partial charge >= 0.3 is 0 Å². The highest BCUT2D eigenvalue weighted by Crippen LogP contribution is 2.19. The monoisotopic (exact) mass is 1470 g/mol. The van der Waals surface area contributed by atoms with Gasteiger partial charge in [0.25, 0.3) is 0 Å². The molecule has 0 saturated carbocycles. The van der Waals surface area contributed by atoms with Crippen LogP contribution in [0.25, 0.3) is 0 Å². The van der Waals surface area contributed by atoms with Crippen LogP contribution in [0.1, 0.15) is 122 Å². The highest BCUT2D eigenvalue weighted by atomic mass is 16.3. The Morgan fingerprint density at radius 1 is 0.434 bits per heavy atom. The summed E-state index contributed by atoms with van der Waals surface area (Å²) in [4.78, 5) is 194. The van der Waals surface area contributed by atoms with Gasteiger partial charge in [-0.2, -0.15) is 0 Å². The van der Waals surface area contributed by atoms with Crippen molar-refractivity contribution >= 4 is 76.8 Å². The molecule has 13 amide bonds. The Balaban J connectivity index is 1.26. The quantitative estimate of drug-likeness (QED) is 0.0214. The molecule has 3 aromatic carbocycles. The number of hydrogen-bond acceptors (Lipinski definition) is 19. The summed E-state index contributed by atoms with van der Waals surface area (Å²) in [6.45, 7) is 14.1. The number of nitrogens with two attached hydrogens (primary N) is 3. The van der Waals surface area contributed by atoms with Crippen LogP contribution in [-0.2, 0) is 94.4 Å². The summed E-state index contributed by atoms with van der Waals surface area (Å²) in [6.07, 6.45) is 5.55. The summed E-state index contributed by atoms with van der Waals surface area (Å²) in [5.41, 5.74) is 20.2. The standard InChI is InChI=1S/C72H102N18O16/c1-10-39(7)60(71(105)82-51(62(75)96)25-18-42-12-19-47(91)20-13-42)89-68(102)54(28-44-16-23-49(93)24-17-44)85-67(101)56(31-57(74)94)87-70(104)59(38(5)6)88-63(97)41(9)81-58(95)34-78-65(99)52(26-37(3)4)84-66(100)53(27-43-14-21-48(92)22-15-43)86-72(106)61(40(8)11-2)90-69(103)55(30-46-33-77-36-80-46)83-64(98)50(73)29-45-32-76-35-79-45/h12-17,19-24,32-33,35-41,50-56,59-61,91-93H,10-11,18,25-31,34,73H2,1-9H3,(H2,74,94)(H2,75,96)(H,76,79)(H,77,80)(H,78,99)(H,81,95)(H,82,105)(H,83,98)(H,84,100)(H,85,101)(H,86,106)(H,87,104)(H,88,97)(H,89,102)(H,90,103)/t39-,40-,41-,50-,51-,52-,53-,54-,55-,56-,59-,60-,61-/m0/s1. The number of carbonyl (C=O) groups is 13. The van der Waals surface area contributed by atoms with E-state index in [4.69, 9.17) is 17.2 Å². The fourth-order valence-corrected chi connectivity index (χ4v) is 11.1. The number of aromatic nitrogens is 4. The Hall–Kier alpha value is -11.5. The lowest BCUT2D eigenvalue weighted by Gasteiger charge is -2.29. The van der Waals surface area contributed by atoms with E-state index in [0.29, 0.717) is 35.4 Å². The fraction of sp³-hybridized carbons (Fsp3) is 0.486. The molecule has 576 valence electrons. The van der Waals surface area contributed by atoms with Gasteiger partial charge in [0.2, 0.25) is 76.8 Å². The highest BCUT2D eigenvalue weighted by molar-refractivity contribution is 6.00. The number of imidazole rings is 2. The molecule has 34 nitrogen and oxygen atoms in total. The molecule has 34 heteroatoms. The van der Waals surface area contributed by atoms with Crippen molar-refractivity contribution in [2.45, 2.75) is 193 Å². The first-order valence-corrected chi connectivity index (χ1v) is 35.1. The van der Waals surface area contributed by atoms with E-state index in [9.17, 15) is 77.6 Å². The second-order valence-electron chi connectivity index (χ2n) is 27.2. The largest absolute Gasteiger partial charge is 0.508 e. The van der Waals surface area contributed by atoms with E-state index >= 15 is 0 Å². The van der Waals surface area contributed by atoms with Gasteiger partial charge in [-0.3, -0.25) is 62.3 Å². The number of aromatic hydroxyl groups is 3. The molecule has 0 aliphatic carbocycles. The van der Waals surface area contributed by atoms with Crippen LogP contribution in [-0.4, -0.2) is 185 Å². The van der Waals surface area contributed by atoms with Gasteiger partial charge in [-0.15, -0.1) is 0 Å². The second-order valence-corrected chi connectivity index (χ2v) is 27.2. The van der Waals surface area contributed by atoms with Crippen LogP contribution in [0.15, 0.2) is 97.8 Å². The van der Waals surface area contributed by atoms with Crippen molar-refractivity contribution in [3.05, 3.63) is 126 Å². The number of H-pyrrole nitrogens is 2. The molecule has 0 bridgehead atoms. The van der Waals surface area contributed by atoms with Gasteiger partial charge < -0.3 is 101 Å². The molecule has 22 N–H and O–H groups in total. The summed E-state index contributed by atoms with van der Waals surface area (Å²) >= 11 is 0. The Kier molecular flexibility index (Phi) is 33.6. The lowest BCUT2D eigenvalue weighted by molar-refractivity contribution is -0.137. The van der Waals surface area contributed by atoms with Gasteiger partial charge in [-0.05, 0) is 103 Å². The minimum absolute atomic E-state index is 0.0145. The summed E-state index contributed by atoms with van der Waals surface area (Å²) in [6, 6.07) is 2.49. The predicted octanol–water partition coefficient (Wildman–Crippen LogP) is -1.38. The zero-order valence-corrected chi connectivity index (χ0v) is 61.0. The molecule has 0 spiro atoms. The summed E-state index contributed by atoms with van der Waals surface area (Å²) in [7, 11) is 0. The van der Waals surface area contributed by atoms with E-state index in [1.165, 1.54) is 92.6 Å². The van der Waals surface area contributed by atoms with Crippen molar-refractivity contribution in [3.63, 3.8) is 0 Å². The number of amides is 13. The minimum atomic E-state index is -1.78. The van der Waals surface area contributed by atoms with E-state index in [1.54, 1.807) is 67.5 Å². The third kappa shape index (κ3) is 28.0. The number of phenols is 3. The first-order chi connectivity index (χ1) is 50.1. The molecule has 0 radical (unpaired) electrons. The maximum Gasteiger partial charge on any atom is 0.243 e. The third-order valence-corrected chi connectivity index (χ3v) is 17.7. The molecule has 0 aliphatic rings. The molecule has 13 atom stereocenters. The molecular weight excluding hydrogens is 1370 g/mol. The van der Waals surface area contributed by atoms with Crippen molar-refractivity contribution in [1.82, 2.24) is 78.4 Å². The zero-order chi connectivity index (χ0) is 78.5. The molecule has 0 saturated heterocycles. The zero-order valence-electron chi connectivity index (χ0n) is 61.0. The number of aryl methyl sites for hydroxylation is 1. The van der Waals surface area contributed by atoms with Crippen LogP contribution in [0.2, 0.25) is 0 Å². The van der Waals surface area contributed by atoms with Crippen molar-refractivity contribution < 1.29 is 77.6 Å². The van der Waals surface area contributed by atoms with Crippen LogP contribution in [0, 0.1) is 23.7 Å². The van der Waals surface area contributed by atoms with Crippen molar-refractivity contribution in [1.29, 1.82) is 0 Å². The molecule has 0 fully saturated rings. The van der Waals surface area contributed by atoms with E-state index in [0.717, 1.165) is 5.56 Å². The van der Waals surface area contributed by atoms with Gasteiger partial charge in [0.15, 0.2) is 0 Å². The number of carbonyl (C=O) groups excluding carboxylic acids is 13. The average molecular weight is 1480 g/mol. The molecule has 0 unspecified atom stereocenters. The summed E-state index contributed by atoms with van der Waals surface area (Å²) < 4.78 is 0. The van der Waals surface area contributed by atoms with E-state index in [-0.39, 0.29) is 68.1 Å². The van der Waals surface area contributed by atoms with E-state index in [2.05, 4.69) is 78.4 Å². The Bertz CT molecular complexity index is 3760.